The van der Waals surface area contributed by atoms with Gasteiger partial charge in [-0.1, -0.05) is 0 Å². The van der Waals surface area contributed by atoms with E-state index < -0.39 is 19.2 Å². The minimum absolute atomic E-state index is 0.0637. The Balaban J connectivity index is 1.78. The van der Waals surface area contributed by atoms with Crippen molar-refractivity contribution in [2.75, 3.05) is 0 Å². The summed E-state index contributed by atoms with van der Waals surface area (Å²) >= 11 is 0. The molecule has 1 heterocycles. The Bertz CT molecular complexity index is 384. The van der Waals surface area contributed by atoms with Crippen molar-refractivity contribution in [2.24, 2.45) is 11.7 Å². The third-order valence-electron chi connectivity index (χ3n) is 4.69. The second kappa shape index (κ2) is 7.38. The number of ketones is 1. The van der Waals surface area contributed by atoms with Gasteiger partial charge in [-0.05, 0) is 38.5 Å². The van der Waals surface area contributed by atoms with Crippen LogP contribution in [0.4, 0.5) is 0 Å². The van der Waals surface area contributed by atoms with Crippen molar-refractivity contribution in [2.45, 2.75) is 69.3 Å². The number of aliphatic carboxylic acids is 1. The van der Waals surface area contributed by atoms with Gasteiger partial charge in [-0.25, -0.2) is 0 Å². The molecule has 118 valence electrons. The lowest BCUT2D eigenvalue weighted by molar-refractivity contribution is -0.139. The van der Waals surface area contributed by atoms with Crippen LogP contribution in [-0.4, -0.2) is 41.1 Å². The van der Waals surface area contributed by atoms with Crippen LogP contribution in [0, 0.1) is 5.92 Å². The van der Waals surface area contributed by atoms with Crippen molar-refractivity contribution in [3.8, 4) is 0 Å². The minimum Gasteiger partial charge on any atom is -0.481 e. The molecule has 6 nitrogen and oxygen atoms in total. The highest BCUT2D eigenvalue weighted by Crippen LogP contribution is 2.33. The van der Waals surface area contributed by atoms with Gasteiger partial charge in [0, 0.05) is 24.2 Å². The lowest BCUT2D eigenvalue weighted by atomic mass is 9.63. The van der Waals surface area contributed by atoms with Crippen molar-refractivity contribution < 1.29 is 24.4 Å². The van der Waals surface area contributed by atoms with Gasteiger partial charge in [0.1, 0.15) is 5.78 Å². The molecule has 2 aliphatic rings. The zero-order valence-electron chi connectivity index (χ0n) is 12.2. The highest BCUT2D eigenvalue weighted by Gasteiger charge is 2.38. The Labute approximate surface area is 125 Å². The monoisotopic (exact) mass is 297 g/mol. The molecule has 0 radical (unpaired) electrons. The SMILES string of the molecule is NC1CCC(C(=O)C[C@H]2CC[C@@H](CC(=O)O)OB2O)CC1. The maximum atomic E-state index is 12.3. The van der Waals surface area contributed by atoms with Crippen LogP contribution in [0.15, 0.2) is 0 Å². The molecule has 0 bridgehead atoms. The van der Waals surface area contributed by atoms with Gasteiger partial charge >= 0.3 is 13.1 Å². The molecule has 7 heteroatoms. The number of carboxylic acids is 1. The normalized spacial score (nSPS) is 33.7. The lowest BCUT2D eigenvalue weighted by Gasteiger charge is -2.31. The first-order chi connectivity index (χ1) is 9.95. The smallest absolute Gasteiger partial charge is 0.458 e. The summed E-state index contributed by atoms with van der Waals surface area (Å²) in [6, 6.07) is 0.217. The fourth-order valence-corrected chi connectivity index (χ4v) is 3.33. The van der Waals surface area contributed by atoms with Crippen molar-refractivity contribution in [3.05, 3.63) is 0 Å². The van der Waals surface area contributed by atoms with Crippen LogP contribution in [0.1, 0.15) is 51.4 Å². The quantitative estimate of drug-likeness (QED) is 0.652. The minimum atomic E-state index is -1.03. The van der Waals surface area contributed by atoms with Crippen LogP contribution in [0.25, 0.3) is 0 Å². The van der Waals surface area contributed by atoms with Gasteiger partial charge in [0.05, 0.1) is 12.5 Å². The summed E-state index contributed by atoms with van der Waals surface area (Å²) in [4.78, 5) is 22.9. The summed E-state index contributed by atoms with van der Waals surface area (Å²) in [7, 11) is -1.03. The molecule has 4 N–H and O–H groups in total. The Morgan fingerprint density at radius 2 is 1.76 bits per heavy atom. The number of Topliss-reactive ketones (excluding diaryl/α,β-unsaturated/α-hetero) is 1. The van der Waals surface area contributed by atoms with Crippen LogP contribution in [0.2, 0.25) is 5.82 Å². The molecule has 1 saturated carbocycles. The molecule has 0 amide bonds. The van der Waals surface area contributed by atoms with E-state index in [-0.39, 0.29) is 30.0 Å². The van der Waals surface area contributed by atoms with Crippen LogP contribution in [0.5, 0.6) is 0 Å². The number of hydrogen-bond acceptors (Lipinski definition) is 5. The third-order valence-corrected chi connectivity index (χ3v) is 4.69. The molecule has 1 saturated heterocycles. The fourth-order valence-electron chi connectivity index (χ4n) is 3.33. The topological polar surface area (TPSA) is 110 Å². The highest BCUT2D eigenvalue weighted by atomic mass is 16.5. The van der Waals surface area contributed by atoms with E-state index in [0.717, 1.165) is 25.7 Å². The Morgan fingerprint density at radius 3 is 2.33 bits per heavy atom. The van der Waals surface area contributed by atoms with Crippen LogP contribution in [-0.2, 0) is 14.2 Å². The Hall–Kier alpha value is -0.915. The summed E-state index contributed by atoms with van der Waals surface area (Å²) in [6.45, 7) is 0. The number of carbonyl (C=O) groups is 2. The summed E-state index contributed by atoms with van der Waals surface area (Å²) < 4.78 is 5.32. The van der Waals surface area contributed by atoms with E-state index in [2.05, 4.69) is 0 Å². The number of carboxylic acid groups (broad SMARTS) is 1. The average Bonchev–Trinajstić information content (AvgIpc) is 2.42. The predicted octanol–water partition coefficient (Wildman–Crippen LogP) is 0.967. The first-order valence-corrected chi connectivity index (χ1v) is 7.79. The number of hydrogen-bond donors (Lipinski definition) is 3. The van der Waals surface area contributed by atoms with Crippen molar-refractivity contribution >= 4 is 18.9 Å². The summed E-state index contributed by atoms with van der Waals surface area (Å²) in [5.41, 5.74) is 5.84. The Kier molecular flexibility index (Phi) is 5.78. The lowest BCUT2D eigenvalue weighted by Crippen LogP contribution is -2.39. The van der Waals surface area contributed by atoms with E-state index in [1.165, 1.54) is 0 Å². The molecule has 2 rings (SSSR count). The van der Waals surface area contributed by atoms with Crippen molar-refractivity contribution in [3.63, 3.8) is 0 Å². The molecule has 2 fully saturated rings. The molecule has 0 aromatic carbocycles. The van der Waals surface area contributed by atoms with Gasteiger partial charge in [-0.3, -0.25) is 9.59 Å². The largest absolute Gasteiger partial charge is 0.481 e. The molecule has 0 unspecified atom stereocenters. The van der Waals surface area contributed by atoms with E-state index in [1.807, 2.05) is 0 Å². The first-order valence-electron chi connectivity index (χ1n) is 7.79. The van der Waals surface area contributed by atoms with Crippen molar-refractivity contribution in [1.82, 2.24) is 0 Å². The summed E-state index contributed by atoms with van der Waals surface area (Å²) in [6.07, 6.45) is 4.45. The molecule has 21 heavy (non-hydrogen) atoms. The second-order valence-corrected chi connectivity index (χ2v) is 6.37. The zero-order valence-corrected chi connectivity index (χ0v) is 12.2. The molecule has 0 aromatic rings. The standard InChI is InChI=1S/C14H24BNO5/c16-11-4-1-9(2-5-11)13(17)7-10-3-6-12(8-14(18)19)21-15(10)20/h9-12,20H,1-8,16H2,(H,18,19)/t9?,10-,11?,12+/m1/s1. The highest BCUT2D eigenvalue weighted by molar-refractivity contribution is 6.45. The van der Waals surface area contributed by atoms with Crippen molar-refractivity contribution in [1.29, 1.82) is 0 Å². The van der Waals surface area contributed by atoms with Crippen LogP contribution >= 0.6 is 0 Å². The molecular formula is C14H24BNO5. The van der Waals surface area contributed by atoms with Gasteiger partial charge in [0.25, 0.3) is 0 Å². The van der Waals surface area contributed by atoms with Gasteiger partial charge in [0.2, 0.25) is 0 Å². The van der Waals surface area contributed by atoms with Gasteiger partial charge < -0.3 is 20.5 Å². The maximum Gasteiger partial charge on any atom is 0.458 e. The fraction of sp³-hybridized carbons (Fsp3) is 0.857. The van der Waals surface area contributed by atoms with Crippen LogP contribution in [0.3, 0.4) is 0 Å². The van der Waals surface area contributed by atoms with E-state index >= 15 is 0 Å². The van der Waals surface area contributed by atoms with E-state index in [4.69, 9.17) is 15.5 Å². The van der Waals surface area contributed by atoms with E-state index in [9.17, 15) is 14.6 Å². The maximum absolute atomic E-state index is 12.3. The predicted molar refractivity (Wildman–Crippen MR) is 77.6 cm³/mol. The molecular weight excluding hydrogens is 273 g/mol. The number of nitrogens with two attached hydrogens (primary N) is 1. The molecule has 0 spiro atoms. The third kappa shape index (κ3) is 4.80. The molecule has 2 atom stereocenters. The van der Waals surface area contributed by atoms with Gasteiger partial charge in [-0.15, -0.1) is 0 Å². The van der Waals surface area contributed by atoms with E-state index in [1.54, 1.807) is 0 Å². The van der Waals surface area contributed by atoms with Gasteiger partial charge in [0.15, 0.2) is 0 Å². The first kappa shape index (κ1) is 16.5. The average molecular weight is 297 g/mol. The summed E-state index contributed by atoms with van der Waals surface area (Å²) in [5.74, 6) is -0.890. The Morgan fingerprint density at radius 1 is 1.10 bits per heavy atom. The second-order valence-electron chi connectivity index (χ2n) is 6.37. The molecule has 1 aliphatic carbocycles. The number of carbonyl (C=O) groups excluding carboxylic acids is 1. The zero-order chi connectivity index (χ0) is 15.4. The van der Waals surface area contributed by atoms with Crippen LogP contribution < -0.4 is 5.73 Å². The molecule has 1 aliphatic heterocycles. The molecule has 0 aromatic heterocycles. The summed E-state index contributed by atoms with van der Waals surface area (Å²) in [5, 5.41) is 18.7. The van der Waals surface area contributed by atoms with Gasteiger partial charge in [-0.2, -0.15) is 0 Å². The number of rotatable bonds is 5. The van der Waals surface area contributed by atoms with E-state index in [0.29, 0.717) is 19.3 Å².